The van der Waals surface area contributed by atoms with E-state index in [2.05, 4.69) is 31.9 Å². The second-order valence-corrected chi connectivity index (χ2v) is 7.14. The molecule has 2 heterocycles. The third-order valence-electron chi connectivity index (χ3n) is 5.04. The van der Waals surface area contributed by atoms with Gasteiger partial charge < -0.3 is 15.6 Å². The lowest BCUT2D eigenvalue weighted by molar-refractivity contribution is -0.116. The molecule has 3 N–H and O–H groups in total. The summed E-state index contributed by atoms with van der Waals surface area (Å²) in [6, 6.07) is 26.3. The van der Waals surface area contributed by atoms with Crippen LogP contribution in [-0.4, -0.2) is 33.0 Å². The number of anilines is 2. The summed E-state index contributed by atoms with van der Waals surface area (Å²) in [7, 11) is 0. The first-order valence-electron chi connectivity index (χ1n) is 9.94. The molecule has 0 saturated carbocycles. The van der Waals surface area contributed by atoms with Crippen LogP contribution in [0.2, 0.25) is 0 Å². The van der Waals surface area contributed by atoms with Crippen LogP contribution in [0.15, 0.2) is 83.9 Å². The number of amides is 1. The lowest BCUT2D eigenvalue weighted by Gasteiger charge is -2.12. The van der Waals surface area contributed by atoms with Gasteiger partial charge in [-0.2, -0.15) is 5.26 Å². The van der Waals surface area contributed by atoms with Gasteiger partial charge in [0.2, 0.25) is 12.1 Å². The van der Waals surface area contributed by atoms with Gasteiger partial charge in [-0.05, 0) is 30.3 Å². The molecule has 1 aliphatic rings. The average Bonchev–Trinajstić information content (AvgIpc) is 3.26. The highest BCUT2D eigenvalue weighted by molar-refractivity contribution is 6.19. The van der Waals surface area contributed by atoms with Crippen molar-refractivity contribution >= 4 is 23.3 Å². The number of nitriles is 1. The van der Waals surface area contributed by atoms with Gasteiger partial charge in [0.05, 0.1) is 23.0 Å². The molecule has 1 aromatic heterocycles. The maximum Gasteiger partial charge on any atom is 0.269 e. The molecule has 1 unspecified atom stereocenters. The first-order chi connectivity index (χ1) is 15.7. The number of benzodiazepines with no additional fused rings is 1. The lowest BCUT2D eigenvalue weighted by atomic mass is 10.0. The van der Waals surface area contributed by atoms with Crippen molar-refractivity contribution in [2.75, 3.05) is 10.6 Å². The number of carbonyl (C=O) groups is 1. The summed E-state index contributed by atoms with van der Waals surface area (Å²) < 4.78 is 0. The number of para-hydroxylation sites is 1. The molecule has 1 amide bonds. The summed E-state index contributed by atoms with van der Waals surface area (Å²) >= 11 is 0. The summed E-state index contributed by atoms with van der Waals surface area (Å²) in [5.74, 6) is 0.521. The predicted molar refractivity (Wildman–Crippen MR) is 121 cm³/mol. The molecule has 0 aliphatic carbocycles. The number of benzene rings is 3. The van der Waals surface area contributed by atoms with Crippen LogP contribution in [0.25, 0.3) is 11.4 Å². The molecule has 32 heavy (non-hydrogen) atoms. The molecular weight excluding hydrogens is 402 g/mol. The van der Waals surface area contributed by atoms with Crippen LogP contribution >= 0.6 is 0 Å². The molecule has 0 saturated heterocycles. The van der Waals surface area contributed by atoms with Crippen molar-refractivity contribution in [1.82, 2.24) is 15.2 Å². The number of aromatic nitrogens is 3. The van der Waals surface area contributed by atoms with Crippen LogP contribution in [0.1, 0.15) is 16.7 Å². The lowest BCUT2D eigenvalue weighted by Crippen LogP contribution is -2.33. The van der Waals surface area contributed by atoms with Crippen LogP contribution in [0.5, 0.6) is 0 Å². The van der Waals surface area contributed by atoms with Crippen LogP contribution in [0.3, 0.4) is 0 Å². The summed E-state index contributed by atoms with van der Waals surface area (Å²) in [5.41, 5.74) is 4.47. The second kappa shape index (κ2) is 8.16. The van der Waals surface area contributed by atoms with Crippen LogP contribution in [0.4, 0.5) is 11.6 Å². The first kappa shape index (κ1) is 19.2. The molecule has 3 aromatic carbocycles. The van der Waals surface area contributed by atoms with Gasteiger partial charge in [-0.1, -0.05) is 48.5 Å². The van der Waals surface area contributed by atoms with Crippen LogP contribution < -0.4 is 10.6 Å². The van der Waals surface area contributed by atoms with Crippen molar-refractivity contribution in [2.45, 2.75) is 6.17 Å². The molecule has 4 aromatic rings. The minimum Gasteiger partial charge on any atom is -0.325 e. The van der Waals surface area contributed by atoms with Crippen molar-refractivity contribution in [3.05, 3.63) is 95.6 Å². The van der Waals surface area contributed by atoms with Gasteiger partial charge in [-0.25, -0.2) is 4.99 Å². The van der Waals surface area contributed by atoms with Crippen LogP contribution in [-0.2, 0) is 4.79 Å². The minimum atomic E-state index is -0.917. The highest BCUT2D eigenvalue weighted by Gasteiger charge is 2.26. The average molecular weight is 419 g/mol. The Kier molecular flexibility index (Phi) is 4.90. The summed E-state index contributed by atoms with van der Waals surface area (Å²) in [6.45, 7) is 0. The number of nitrogens with zero attached hydrogens (tertiary/aromatic N) is 4. The summed E-state index contributed by atoms with van der Waals surface area (Å²) in [4.78, 5) is 20.7. The van der Waals surface area contributed by atoms with E-state index in [1.54, 1.807) is 24.3 Å². The smallest absolute Gasteiger partial charge is 0.269 e. The van der Waals surface area contributed by atoms with Crippen molar-refractivity contribution < 1.29 is 4.79 Å². The normalized spacial score (nSPS) is 15.0. The molecule has 1 aliphatic heterocycles. The van der Waals surface area contributed by atoms with Gasteiger partial charge in [0.25, 0.3) is 5.91 Å². The van der Waals surface area contributed by atoms with Gasteiger partial charge in [-0.15, -0.1) is 10.2 Å². The molecular formula is C24H17N7O. The zero-order valence-electron chi connectivity index (χ0n) is 16.8. The third kappa shape index (κ3) is 3.70. The molecule has 0 bridgehead atoms. The Hall–Kier alpha value is -4.77. The van der Waals surface area contributed by atoms with E-state index in [1.165, 1.54) is 0 Å². The van der Waals surface area contributed by atoms with E-state index in [1.807, 2.05) is 54.6 Å². The Morgan fingerprint density at radius 3 is 2.41 bits per heavy atom. The highest BCUT2D eigenvalue weighted by Crippen LogP contribution is 2.25. The third-order valence-corrected chi connectivity index (χ3v) is 5.04. The van der Waals surface area contributed by atoms with E-state index < -0.39 is 6.17 Å². The number of fused-ring (bicyclic) bond motifs is 1. The number of aromatic amines is 1. The predicted octanol–water partition coefficient (Wildman–Crippen LogP) is 3.57. The van der Waals surface area contributed by atoms with E-state index in [0.717, 1.165) is 16.7 Å². The molecule has 5 rings (SSSR count). The van der Waals surface area contributed by atoms with Crippen molar-refractivity contribution in [1.29, 1.82) is 5.26 Å². The number of rotatable bonds is 4. The van der Waals surface area contributed by atoms with Gasteiger partial charge >= 0.3 is 0 Å². The van der Waals surface area contributed by atoms with E-state index in [0.29, 0.717) is 28.7 Å². The van der Waals surface area contributed by atoms with E-state index in [-0.39, 0.29) is 5.91 Å². The molecule has 8 nitrogen and oxygen atoms in total. The second-order valence-electron chi connectivity index (χ2n) is 7.14. The maximum atomic E-state index is 12.9. The number of carbonyl (C=O) groups excluding carboxylic acids is 1. The zero-order chi connectivity index (χ0) is 21.9. The quantitative estimate of drug-likeness (QED) is 0.467. The summed E-state index contributed by atoms with van der Waals surface area (Å²) in [5, 5.41) is 23.2. The van der Waals surface area contributed by atoms with E-state index in [9.17, 15) is 4.79 Å². The van der Waals surface area contributed by atoms with Crippen molar-refractivity contribution in [3.8, 4) is 17.5 Å². The zero-order valence-corrected chi connectivity index (χ0v) is 16.8. The van der Waals surface area contributed by atoms with Gasteiger partial charge in [0.1, 0.15) is 0 Å². The Morgan fingerprint density at radius 2 is 1.62 bits per heavy atom. The molecule has 0 fully saturated rings. The van der Waals surface area contributed by atoms with E-state index >= 15 is 0 Å². The molecule has 8 heteroatoms. The Balaban J connectivity index is 1.48. The van der Waals surface area contributed by atoms with Gasteiger partial charge in [-0.3, -0.25) is 4.79 Å². The number of nitrogens with one attached hydrogen (secondary N) is 3. The summed E-state index contributed by atoms with van der Waals surface area (Å²) in [6.07, 6.45) is -0.917. The van der Waals surface area contributed by atoms with Crippen LogP contribution in [0, 0.1) is 11.3 Å². The Labute approximate surface area is 183 Å². The largest absolute Gasteiger partial charge is 0.325 e. The monoisotopic (exact) mass is 419 g/mol. The Bertz CT molecular complexity index is 1350. The topological polar surface area (TPSA) is 119 Å². The Morgan fingerprint density at radius 1 is 0.875 bits per heavy atom. The van der Waals surface area contributed by atoms with Gasteiger partial charge in [0, 0.05) is 16.7 Å². The molecule has 0 spiro atoms. The number of hydrogen-bond donors (Lipinski definition) is 3. The van der Waals surface area contributed by atoms with Crippen molar-refractivity contribution in [3.63, 3.8) is 0 Å². The standard InChI is InChI=1S/C24H17N7O/c25-14-15-10-12-17(13-11-15)21-28-24(31-30-21)29-22-23(32)26-19-9-5-4-8-18(19)20(27-22)16-6-2-1-3-7-16/h1-13,22H,(H,26,32)(H2,28,29,30,31). The van der Waals surface area contributed by atoms with Gasteiger partial charge in [0.15, 0.2) is 5.82 Å². The fourth-order valence-electron chi connectivity index (χ4n) is 3.47. The number of hydrogen-bond acceptors (Lipinski definition) is 6. The van der Waals surface area contributed by atoms with Crippen molar-refractivity contribution in [2.24, 2.45) is 4.99 Å². The molecule has 1 atom stereocenters. The number of H-pyrrole nitrogens is 1. The number of aliphatic imine (C=N–C) groups is 1. The molecule has 154 valence electrons. The van der Waals surface area contributed by atoms with E-state index in [4.69, 9.17) is 10.3 Å². The maximum absolute atomic E-state index is 12.9. The first-order valence-corrected chi connectivity index (χ1v) is 9.94. The SMILES string of the molecule is N#Cc1ccc(-c2nnc(NC3N=C(c4ccccc4)c4ccccc4NC3=O)[nH]2)cc1. The molecule has 0 radical (unpaired) electrons. The fraction of sp³-hybridized carbons (Fsp3) is 0.0417. The minimum absolute atomic E-state index is 0.306. The fourth-order valence-corrected chi connectivity index (χ4v) is 3.47. The highest BCUT2D eigenvalue weighted by atomic mass is 16.2.